The number of carboxylic acids is 1. The SMILES string of the molecule is O=C(NC1CCC(C(=O)O)CC1)NC1CCOc2ccccc21. The van der Waals surface area contributed by atoms with Gasteiger partial charge in [-0.3, -0.25) is 4.79 Å². The summed E-state index contributed by atoms with van der Waals surface area (Å²) in [4.78, 5) is 23.2. The number of urea groups is 1. The van der Waals surface area contributed by atoms with E-state index in [1.165, 1.54) is 0 Å². The monoisotopic (exact) mass is 318 g/mol. The van der Waals surface area contributed by atoms with Crippen molar-refractivity contribution in [3.63, 3.8) is 0 Å². The molecule has 0 saturated heterocycles. The van der Waals surface area contributed by atoms with Crippen LogP contribution in [0.15, 0.2) is 24.3 Å². The first-order valence-electron chi connectivity index (χ1n) is 8.15. The molecule has 1 atom stereocenters. The highest BCUT2D eigenvalue weighted by Gasteiger charge is 2.28. The molecule has 6 nitrogen and oxygen atoms in total. The Bertz CT molecular complexity index is 582. The smallest absolute Gasteiger partial charge is 0.315 e. The molecule has 2 aliphatic rings. The summed E-state index contributed by atoms with van der Waals surface area (Å²) in [5.74, 6) is -0.170. The third-order valence-corrected chi connectivity index (χ3v) is 4.68. The zero-order valence-electron chi connectivity index (χ0n) is 13.0. The molecule has 1 aliphatic carbocycles. The Kier molecular flexibility index (Phi) is 4.69. The second-order valence-corrected chi connectivity index (χ2v) is 6.23. The summed E-state index contributed by atoms with van der Waals surface area (Å²) in [6, 6.07) is 7.56. The molecule has 1 saturated carbocycles. The molecule has 0 spiro atoms. The van der Waals surface area contributed by atoms with Crippen LogP contribution in [0.25, 0.3) is 0 Å². The van der Waals surface area contributed by atoms with Crippen molar-refractivity contribution >= 4 is 12.0 Å². The number of benzene rings is 1. The van der Waals surface area contributed by atoms with E-state index in [2.05, 4.69) is 10.6 Å². The van der Waals surface area contributed by atoms with E-state index in [1.807, 2.05) is 24.3 Å². The molecular formula is C17H22N2O4. The van der Waals surface area contributed by atoms with Gasteiger partial charge in [-0.1, -0.05) is 18.2 Å². The van der Waals surface area contributed by atoms with E-state index < -0.39 is 5.97 Å². The molecule has 0 bridgehead atoms. The summed E-state index contributed by atoms with van der Waals surface area (Å²) in [6.07, 6.45) is 3.43. The van der Waals surface area contributed by atoms with Crippen molar-refractivity contribution in [2.45, 2.75) is 44.2 Å². The van der Waals surface area contributed by atoms with Gasteiger partial charge in [0, 0.05) is 18.0 Å². The normalized spacial score (nSPS) is 26.5. The van der Waals surface area contributed by atoms with Crippen LogP contribution in [-0.2, 0) is 4.79 Å². The molecule has 6 heteroatoms. The van der Waals surface area contributed by atoms with Crippen LogP contribution in [0.2, 0.25) is 0 Å². The highest BCUT2D eigenvalue weighted by Crippen LogP contribution is 2.31. The number of ether oxygens (including phenoxy) is 1. The number of hydrogen-bond donors (Lipinski definition) is 3. The Labute approximate surface area is 135 Å². The van der Waals surface area contributed by atoms with Crippen LogP contribution in [-0.4, -0.2) is 29.8 Å². The summed E-state index contributed by atoms with van der Waals surface area (Å²) < 4.78 is 5.59. The molecule has 0 radical (unpaired) electrons. The molecule has 1 fully saturated rings. The molecule has 23 heavy (non-hydrogen) atoms. The van der Waals surface area contributed by atoms with Gasteiger partial charge in [0.25, 0.3) is 0 Å². The zero-order chi connectivity index (χ0) is 16.2. The quantitative estimate of drug-likeness (QED) is 0.799. The van der Waals surface area contributed by atoms with E-state index >= 15 is 0 Å². The Morgan fingerprint density at radius 2 is 1.78 bits per heavy atom. The van der Waals surface area contributed by atoms with E-state index in [0.29, 0.717) is 19.4 Å². The Morgan fingerprint density at radius 1 is 1.04 bits per heavy atom. The average Bonchev–Trinajstić information content (AvgIpc) is 2.55. The summed E-state index contributed by atoms with van der Waals surface area (Å²) in [6.45, 7) is 0.589. The third kappa shape index (κ3) is 3.75. The van der Waals surface area contributed by atoms with Crippen molar-refractivity contribution in [3.8, 4) is 5.75 Å². The number of para-hydroxylation sites is 1. The zero-order valence-corrected chi connectivity index (χ0v) is 13.0. The van der Waals surface area contributed by atoms with Gasteiger partial charge in [-0.25, -0.2) is 4.79 Å². The van der Waals surface area contributed by atoms with Crippen LogP contribution in [0.3, 0.4) is 0 Å². The number of carbonyl (C=O) groups excluding carboxylic acids is 1. The van der Waals surface area contributed by atoms with Crippen molar-refractivity contribution in [3.05, 3.63) is 29.8 Å². The number of nitrogens with one attached hydrogen (secondary N) is 2. The molecule has 1 unspecified atom stereocenters. The maximum atomic E-state index is 12.2. The fourth-order valence-electron chi connectivity index (χ4n) is 3.36. The van der Waals surface area contributed by atoms with Gasteiger partial charge in [0.15, 0.2) is 0 Å². The molecular weight excluding hydrogens is 296 g/mol. The topological polar surface area (TPSA) is 87.7 Å². The molecule has 2 amide bonds. The lowest BCUT2D eigenvalue weighted by Gasteiger charge is -2.30. The van der Waals surface area contributed by atoms with Gasteiger partial charge in [-0.05, 0) is 31.7 Å². The first-order valence-corrected chi connectivity index (χ1v) is 8.15. The van der Waals surface area contributed by atoms with Crippen LogP contribution in [0.4, 0.5) is 4.79 Å². The van der Waals surface area contributed by atoms with Gasteiger partial charge >= 0.3 is 12.0 Å². The standard InChI is InChI=1S/C17H22N2O4/c20-16(21)11-5-7-12(8-6-11)18-17(22)19-14-9-10-23-15-4-2-1-3-13(14)15/h1-4,11-12,14H,5-10H2,(H,20,21)(H2,18,19,22). The van der Waals surface area contributed by atoms with E-state index in [9.17, 15) is 9.59 Å². The second-order valence-electron chi connectivity index (χ2n) is 6.23. The number of amides is 2. The maximum Gasteiger partial charge on any atom is 0.315 e. The molecule has 0 aromatic heterocycles. The Morgan fingerprint density at radius 3 is 2.52 bits per heavy atom. The number of aliphatic carboxylic acids is 1. The summed E-state index contributed by atoms with van der Waals surface area (Å²) >= 11 is 0. The second kappa shape index (κ2) is 6.89. The minimum absolute atomic E-state index is 0.0460. The van der Waals surface area contributed by atoms with Gasteiger partial charge in [-0.2, -0.15) is 0 Å². The van der Waals surface area contributed by atoms with Crippen molar-refractivity contribution < 1.29 is 19.4 Å². The minimum atomic E-state index is -0.730. The number of rotatable bonds is 3. The van der Waals surface area contributed by atoms with Crippen LogP contribution in [0.5, 0.6) is 5.75 Å². The number of carbonyl (C=O) groups is 2. The van der Waals surface area contributed by atoms with Crippen LogP contribution < -0.4 is 15.4 Å². The van der Waals surface area contributed by atoms with Crippen molar-refractivity contribution in [2.75, 3.05) is 6.61 Å². The predicted molar refractivity (Wildman–Crippen MR) is 84.3 cm³/mol. The lowest BCUT2D eigenvalue weighted by atomic mass is 9.86. The van der Waals surface area contributed by atoms with E-state index in [4.69, 9.17) is 9.84 Å². The van der Waals surface area contributed by atoms with E-state index in [0.717, 1.165) is 30.6 Å². The molecule has 1 aliphatic heterocycles. The fraction of sp³-hybridized carbons (Fsp3) is 0.529. The first-order chi connectivity index (χ1) is 11.1. The molecule has 1 aromatic rings. The molecule has 1 aromatic carbocycles. The van der Waals surface area contributed by atoms with Gasteiger partial charge in [0.1, 0.15) is 5.75 Å². The third-order valence-electron chi connectivity index (χ3n) is 4.68. The van der Waals surface area contributed by atoms with Gasteiger partial charge in [-0.15, -0.1) is 0 Å². The predicted octanol–water partition coefficient (Wildman–Crippen LogP) is 2.45. The molecule has 1 heterocycles. The minimum Gasteiger partial charge on any atom is -0.493 e. The highest BCUT2D eigenvalue weighted by molar-refractivity contribution is 5.75. The lowest BCUT2D eigenvalue weighted by Crippen LogP contribution is -2.45. The largest absolute Gasteiger partial charge is 0.493 e. The van der Waals surface area contributed by atoms with E-state index in [1.54, 1.807) is 0 Å². The Hall–Kier alpha value is -2.24. The summed E-state index contributed by atoms with van der Waals surface area (Å²) in [5, 5.41) is 15.0. The van der Waals surface area contributed by atoms with Crippen LogP contribution in [0, 0.1) is 5.92 Å². The lowest BCUT2D eigenvalue weighted by molar-refractivity contribution is -0.142. The number of fused-ring (bicyclic) bond motifs is 1. The number of hydrogen-bond acceptors (Lipinski definition) is 3. The van der Waals surface area contributed by atoms with Crippen molar-refractivity contribution in [1.82, 2.24) is 10.6 Å². The molecule has 124 valence electrons. The van der Waals surface area contributed by atoms with Crippen molar-refractivity contribution in [1.29, 1.82) is 0 Å². The molecule has 3 rings (SSSR count). The Balaban J connectivity index is 1.52. The fourth-order valence-corrected chi connectivity index (χ4v) is 3.36. The highest BCUT2D eigenvalue weighted by atomic mass is 16.5. The number of carboxylic acid groups (broad SMARTS) is 1. The van der Waals surface area contributed by atoms with Gasteiger partial charge < -0.3 is 20.5 Å². The van der Waals surface area contributed by atoms with Crippen molar-refractivity contribution in [2.24, 2.45) is 5.92 Å². The summed E-state index contributed by atoms with van der Waals surface area (Å²) in [5.41, 5.74) is 1.00. The summed E-state index contributed by atoms with van der Waals surface area (Å²) in [7, 11) is 0. The van der Waals surface area contributed by atoms with Gasteiger partial charge in [0.05, 0.1) is 18.6 Å². The molecule has 3 N–H and O–H groups in total. The first kappa shape index (κ1) is 15.6. The van der Waals surface area contributed by atoms with E-state index in [-0.39, 0.29) is 24.0 Å². The van der Waals surface area contributed by atoms with Crippen LogP contribution in [0.1, 0.15) is 43.7 Å². The van der Waals surface area contributed by atoms with Crippen LogP contribution >= 0.6 is 0 Å². The maximum absolute atomic E-state index is 12.2. The van der Waals surface area contributed by atoms with Gasteiger partial charge in [0.2, 0.25) is 0 Å². The average molecular weight is 318 g/mol.